The van der Waals surface area contributed by atoms with Crippen molar-refractivity contribution in [1.82, 2.24) is 9.80 Å². The Morgan fingerprint density at radius 2 is 1.92 bits per heavy atom. The number of likely N-dealkylation sites (N-methyl/N-ethyl adjacent to an activating group) is 1. The monoisotopic (exact) mass is 359 g/mol. The normalized spacial score (nSPS) is 10.7. The van der Waals surface area contributed by atoms with E-state index in [2.05, 4.69) is 16.8 Å². The Balaban J connectivity index is 1.94. The summed E-state index contributed by atoms with van der Waals surface area (Å²) in [6.07, 6.45) is 0. The lowest BCUT2D eigenvalue weighted by atomic mass is 10.1. The first-order valence-electron chi connectivity index (χ1n) is 8.42. The van der Waals surface area contributed by atoms with Gasteiger partial charge in [0.25, 0.3) is 5.91 Å². The molecule has 6 heteroatoms. The largest absolute Gasteiger partial charge is 0.339 e. The molecule has 0 spiro atoms. The van der Waals surface area contributed by atoms with Gasteiger partial charge in [-0.2, -0.15) is 11.3 Å². The van der Waals surface area contributed by atoms with Gasteiger partial charge >= 0.3 is 0 Å². The molecule has 0 aliphatic heterocycles. The van der Waals surface area contributed by atoms with Gasteiger partial charge in [0.05, 0.1) is 6.54 Å². The van der Waals surface area contributed by atoms with E-state index >= 15 is 0 Å². The van der Waals surface area contributed by atoms with E-state index in [0.717, 1.165) is 6.54 Å². The van der Waals surface area contributed by atoms with E-state index in [9.17, 15) is 9.59 Å². The van der Waals surface area contributed by atoms with E-state index in [4.69, 9.17) is 0 Å². The van der Waals surface area contributed by atoms with Crippen LogP contribution in [-0.4, -0.2) is 48.3 Å². The molecule has 0 radical (unpaired) electrons. The van der Waals surface area contributed by atoms with Crippen LogP contribution in [0.5, 0.6) is 0 Å². The smallest absolute Gasteiger partial charge is 0.253 e. The minimum atomic E-state index is -0.0924. The van der Waals surface area contributed by atoms with Gasteiger partial charge in [-0.15, -0.1) is 0 Å². The Morgan fingerprint density at radius 1 is 1.16 bits per heavy atom. The Kier molecular flexibility index (Phi) is 7.16. The van der Waals surface area contributed by atoms with Crippen molar-refractivity contribution in [2.45, 2.75) is 20.4 Å². The predicted octanol–water partition coefficient (Wildman–Crippen LogP) is 3.30. The van der Waals surface area contributed by atoms with Gasteiger partial charge in [0.2, 0.25) is 5.91 Å². The summed E-state index contributed by atoms with van der Waals surface area (Å²) in [7, 11) is 1.91. The topological polar surface area (TPSA) is 52.7 Å². The minimum absolute atomic E-state index is 0.0179. The molecular formula is C19H25N3O2S. The second-order valence-corrected chi connectivity index (χ2v) is 6.69. The molecule has 0 saturated carbocycles. The molecular weight excluding hydrogens is 334 g/mol. The molecule has 0 aliphatic carbocycles. The number of benzene rings is 1. The number of amides is 2. The molecule has 0 bridgehead atoms. The molecule has 2 amide bonds. The highest BCUT2D eigenvalue weighted by atomic mass is 32.1. The fraction of sp³-hybridized carbons (Fsp3) is 0.368. The van der Waals surface area contributed by atoms with Gasteiger partial charge in [-0.1, -0.05) is 6.07 Å². The van der Waals surface area contributed by atoms with Crippen LogP contribution < -0.4 is 5.32 Å². The van der Waals surface area contributed by atoms with E-state index < -0.39 is 0 Å². The number of nitrogens with zero attached hydrogens (tertiary/aromatic N) is 2. The van der Waals surface area contributed by atoms with E-state index in [-0.39, 0.29) is 11.8 Å². The van der Waals surface area contributed by atoms with Crippen LogP contribution in [0, 0.1) is 0 Å². The zero-order valence-electron chi connectivity index (χ0n) is 15.0. The summed E-state index contributed by atoms with van der Waals surface area (Å²) in [6, 6.07) is 9.16. The van der Waals surface area contributed by atoms with Gasteiger partial charge in [0.15, 0.2) is 0 Å². The Morgan fingerprint density at radius 3 is 2.56 bits per heavy atom. The number of thiophene rings is 1. The highest BCUT2D eigenvalue weighted by Crippen LogP contribution is 2.13. The highest BCUT2D eigenvalue weighted by molar-refractivity contribution is 7.07. The molecule has 0 saturated heterocycles. The zero-order valence-corrected chi connectivity index (χ0v) is 15.8. The minimum Gasteiger partial charge on any atom is -0.339 e. The van der Waals surface area contributed by atoms with Crippen LogP contribution in [0.1, 0.15) is 29.8 Å². The molecule has 1 aromatic heterocycles. The lowest BCUT2D eigenvalue weighted by Gasteiger charge is -2.19. The first-order chi connectivity index (χ1) is 12.0. The third-order valence-corrected chi connectivity index (χ3v) is 4.62. The highest BCUT2D eigenvalue weighted by Gasteiger charge is 2.13. The van der Waals surface area contributed by atoms with Gasteiger partial charge in [-0.25, -0.2) is 0 Å². The standard InChI is InChI=1S/C19H25N3O2S/c1-4-22(5-2)19(24)16-7-6-8-17(11-16)20-18(23)13-21(3)12-15-9-10-25-14-15/h6-11,14H,4-5,12-13H2,1-3H3,(H,20,23). The fourth-order valence-corrected chi connectivity index (χ4v) is 3.28. The van der Waals surface area contributed by atoms with Crippen molar-refractivity contribution in [2.24, 2.45) is 0 Å². The van der Waals surface area contributed by atoms with Crippen molar-refractivity contribution < 1.29 is 9.59 Å². The third-order valence-electron chi connectivity index (χ3n) is 3.89. The molecule has 5 nitrogen and oxygen atoms in total. The Hall–Kier alpha value is -2.18. The summed E-state index contributed by atoms with van der Waals surface area (Å²) < 4.78 is 0. The number of rotatable bonds is 8. The van der Waals surface area contributed by atoms with Crippen molar-refractivity contribution in [2.75, 3.05) is 32.0 Å². The molecule has 25 heavy (non-hydrogen) atoms. The number of hydrogen-bond donors (Lipinski definition) is 1. The van der Waals surface area contributed by atoms with Crippen molar-refractivity contribution >= 4 is 28.8 Å². The van der Waals surface area contributed by atoms with Crippen LogP contribution in [0.2, 0.25) is 0 Å². The summed E-state index contributed by atoms with van der Waals surface area (Å²) in [5, 5.41) is 6.98. The van der Waals surface area contributed by atoms with E-state index in [1.54, 1.807) is 40.5 Å². The van der Waals surface area contributed by atoms with Crippen LogP contribution in [0.3, 0.4) is 0 Å². The number of anilines is 1. The summed E-state index contributed by atoms with van der Waals surface area (Å²) in [4.78, 5) is 28.4. The number of hydrogen-bond acceptors (Lipinski definition) is 4. The van der Waals surface area contributed by atoms with Gasteiger partial charge < -0.3 is 10.2 Å². The SMILES string of the molecule is CCN(CC)C(=O)c1cccc(NC(=O)CN(C)Cc2ccsc2)c1. The molecule has 1 aromatic carbocycles. The number of carbonyl (C=O) groups is 2. The molecule has 0 fully saturated rings. The summed E-state index contributed by atoms with van der Waals surface area (Å²) in [5.41, 5.74) is 2.44. The molecule has 2 rings (SSSR count). The van der Waals surface area contributed by atoms with E-state index in [0.29, 0.717) is 30.9 Å². The van der Waals surface area contributed by atoms with E-state index in [1.807, 2.05) is 31.2 Å². The quantitative estimate of drug-likeness (QED) is 0.787. The second-order valence-electron chi connectivity index (χ2n) is 5.91. The fourth-order valence-electron chi connectivity index (χ4n) is 2.62. The summed E-state index contributed by atoms with van der Waals surface area (Å²) in [6.45, 7) is 6.27. The van der Waals surface area contributed by atoms with Crippen molar-refractivity contribution in [3.63, 3.8) is 0 Å². The number of carbonyl (C=O) groups excluding carboxylic acids is 2. The van der Waals surface area contributed by atoms with Gasteiger partial charge in [0.1, 0.15) is 0 Å². The Labute approximate surface area is 153 Å². The maximum absolute atomic E-state index is 12.4. The lowest BCUT2D eigenvalue weighted by molar-refractivity contribution is -0.117. The maximum Gasteiger partial charge on any atom is 0.253 e. The van der Waals surface area contributed by atoms with Crippen LogP contribution in [-0.2, 0) is 11.3 Å². The molecule has 0 unspecified atom stereocenters. The average molecular weight is 359 g/mol. The Bertz CT molecular complexity index is 696. The van der Waals surface area contributed by atoms with Crippen LogP contribution >= 0.6 is 11.3 Å². The zero-order chi connectivity index (χ0) is 18.2. The molecule has 1 N–H and O–H groups in total. The van der Waals surface area contributed by atoms with Crippen LogP contribution in [0.4, 0.5) is 5.69 Å². The molecule has 1 heterocycles. The summed E-state index contributed by atoms with van der Waals surface area (Å²) in [5.74, 6) is -0.110. The first-order valence-corrected chi connectivity index (χ1v) is 9.36. The first kappa shape index (κ1) is 19.1. The van der Waals surface area contributed by atoms with Crippen LogP contribution in [0.25, 0.3) is 0 Å². The van der Waals surface area contributed by atoms with Gasteiger partial charge in [0, 0.05) is 30.9 Å². The predicted molar refractivity (Wildman–Crippen MR) is 103 cm³/mol. The lowest BCUT2D eigenvalue weighted by Crippen LogP contribution is -2.31. The average Bonchev–Trinajstić information content (AvgIpc) is 3.08. The van der Waals surface area contributed by atoms with Crippen molar-refractivity contribution in [3.8, 4) is 0 Å². The molecule has 2 aromatic rings. The maximum atomic E-state index is 12.4. The van der Waals surface area contributed by atoms with Crippen molar-refractivity contribution in [3.05, 3.63) is 52.2 Å². The van der Waals surface area contributed by atoms with Gasteiger partial charge in [-0.05, 0) is 61.5 Å². The molecule has 134 valence electrons. The summed E-state index contributed by atoms with van der Waals surface area (Å²) >= 11 is 1.65. The van der Waals surface area contributed by atoms with Crippen molar-refractivity contribution in [1.29, 1.82) is 0 Å². The van der Waals surface area contributed by atoms with E-state index in [1.165, 1.54) is 5.56 Å². The van der Waals surface area contributed by atoms with Crippen LogP contribution in [0.15, 0.2) is 41.1 Å². The molecule has 0 atom stereocenters. The molecule has 0 aliphatic rings. The second kappa shape index (κ2) is 9.34. The van der Waals surface area contributed by atoms with Gasteiger partial charge in [-0.3, -0.25) is 14.5 Å². The number of nitrogens with one attached hydrogen (secondary N) is 1. The third kappa shape index (κ3) is 5.69.